The molecule has 0 saturated carbocycles. The summed E-state index contributed by atoms with van der Waals surface area (Å²) in [5.41, 5.74) is 7.83. The standard InChI is InChI=1S/C14H18N4O2/c1-10-8-13(18(17-10)6-7-19)16-14(20)12-4-2-11(9-15)3-5-12/h2-5,8,19H,6-7,9,15H2,1H3,(H,16,20). The van der Waals surface area contributed by atoms with Gasteiger partial charge in [-0.25, -0.2) is 4.68 Å². The molecule has 1 amide bonds. The Bertz CT molecular complexity index is 590. The van der Waals surface area contributed by atoms with Crippen molar-refractivity contribution < 1.29 is 9.90 Å². The fourth-order valence-electron chi connectivity index (χ4n) is 1.89. The molecule has 6 nitrogen and oxygen atoms in total. The molecule has 0 aliphatic carbocycles. The SMILES string of the molecule is Cc1cc(NC(=O)c2ccc(CN)cc2)n(CCO)n1. The quantitative estimate of drug-likeness (QED) is 0.755. The normalized spacial score (nSPS) is 10.6. The number of rotatable bonds is 5. The minimum absolute atomic E-state index is 0.0326. The highest BCUT2D eigenvalue weighted by Crippen LogP contribution is 2.12. The fourth-order valence-corrected chi connectivity index (χ4v) is 1.89. The van der Waals surface area contributed by atoms with Crippen LogP contribution < -0.4 is 11.1 Å². The Balaban J connectivity index is 2.14. The number of nitrogens with one attached hydrogen (secondary N) is 1. The molecule has 0 aliphatic heterocycles. The first kappa shape index (κ1) is 14.2. The lowest BCUT2D eigenvalue weighted by Gasteiger charge is -2.08. The number of hydrogen-bond acceptors (Lipinski definition) is 4. The van der Waals surface area contributed by atoms with Gasteiger partial charge in [-0.05, 0) is 24.6 Å². The summed E-state index contributed by atoms with van der Waals surface area (Å²) in [6, 6.07) is 8.88. The minimum Gasteiger partial charge on any atom is -0.394 e. The molecule has 4 N–H and O–H groups in total. The zero-order chi connectivity index (χ0) is 14.5. The minimum atomic E-state index is -0.215. The van der Waals surface area contributed by atoms with E-state index in [-0.39, 0.29) is 12.5 Å². The van der Waals surface area contributed by atoms with Gasteiger partial charge < -0.3 is 16.2 Å². The largest absolute Gasteiger partial charge is 0.394 e. The zero-order valence-corrected chi connectivity index (χ0v) is 11.3. The monoisotopic (exact) mass is 274 g/mol. The van der Waals surface area contributed by atoms with Crippen molar-refractivity contribution in [1.82, 2.24) is 9.78 Å². The third kappa shape index (κ3) is 3.23. The van der Waals surface area contributed by atoms with E-state index in [0.29, 0.717) is 24.5 Å². The number of anilines is 1. The molecule has 1 aromatic heterocycles. The maximum absolute atomic E-state index is 12.1. The number of hydrogen-bond donors (Lipinski definition) is 3. The Morgan fingerprint density at radius 3 is 2.70 bits per heavy atom. The van der Waals surface area contributed by atoms with E-state index in [1.165, 1.54) is 0 Å². The Kier molecular flexibility index (Phi) is 4.49. The van der Waals surface area contributed by atoms with Crippen LogP contribution in [0.25, 0.3) is 0 Å². The third-order valence-corrected chi connectivity index (χ3v) is 2.91. The molecular formula is C14H18N4O2. The van der Waals surface area contributed by atoms with Crippen LogP contribution in [-0.4, -0.2) is 27.4 Å². The predicted molar refractivity (Wildman–Crippen MR) is 76.3 cm³/mol. The lowest BCUT2D eigenvalue weighted by molar-refractivity contribution is 0.102. The number of aryl methyl sites for hydroxylation is 1. The number of aromatic nitrogens is 2. The number of benzene rings is 1. The van der Waals surface area contributed by atoms with Crippen molar-refractivity contribution in [3.8, 4) is 0 Å². The zero-order valence-electron chi connectivity index (χ0n) is 11.3. The number of aliphatic hydroxyl groups is 1. The van der Waals surface area contributed by atoms with Crippen LogP contribution in [0.15, 0.2) is 30.3 Å². The highest BCUT2D eigenvalue weighted by atomic mass is 16.3. The number of amides is 1. The highest BCUT2D eigenvalue weighted by molar-refractivity contribution is 6.03. The van der Waals surface area contributed by atoms with Crippen LogP contribution in [0.2, 0.25) is 0 Å². The maximum atomic E-state index is 12.1. The van der Waals surface area contributed by atoms with E-state index in [1.807, 2.05) is 19.1 Å². The topological polar surface area (TPSA) is 93.2 Å². The van der Waals surface area contributed by atoms with E-state index in [2.05, 4.69) is 10.4 Å². The van der Waals surface area contributed by atoms with Crippen LogP contribution >= 0.6 is 0 Å². The number of nitrogens with zero attached hydrogens (tertiary/aromatic N) is 2. The summed E-state index contributed by atoms with van der Waals surface area (Å²) >= 11 is 0. The second kappa shape index (κ2) is 6.31. The van der Waals surface area contributed by atoms with E-state index in [4.69, 9.17) is 10.8 Å². The van der Waals surface area contributed by atoms with Crippen LogP contribution in [0.5, 0.6) is 0 Å². The molecule has 0 unspecified atom stereocenters. The van der Waals surface area contributed by atoms with Crippen molar-refractivity contribution in [2.45, 2.75) is 20.0 Å². The van der Waals surface area contributed by atoms with Gasteiger partial charge in [0, 0.05) is 18.2 Å². The average molecular weight is 274 g/mol. The first-order valence-electron chi connectivity index (χ1n) is 6.39. The number of nitrogens with two attached hydrogens (primary N) is 1. The molecule has 6 heteroatoms. The van der Waals surface area contributed by atoms with Gasteiger partial charge in [0.2, 0.25) is 0 Å². The van der Waals surface area contributed by atoms with Gasteiger partial charge in [0.15, 0.2) is 0 Å². The first-order chi connectivity index (χ1) is 9.63. The molecule has 1 aromatic carbocycles. The molecule has 106 valence electrons. The summed E-state index contributed by atoms with van der Waals surface area (Å²) in [5, 5.41) is 16.0. The predicted octanol–water partition coefficient (Wildman–Crippen LogP) is 0.895. The second-order valence-electron chi connectivity index (χ2n) is 4.47. The van der Waals surface area contributed by atoms with Crippen LogP contribution in [0.4, 0.5) is 5.82 Å². The first-order valence-corrected chi connectivity index (χ1v) is 6.39. The molecule has 0 fully saturated rings. The van der Waals surface area contributed by atoms with Gasteiger partial charge in [0.05, 0.1) is 18.8 Å². The Hall–Kier alpha value is -2.18. The van der Waals surface area contributed by atoms with Gasteiger partial charge in [-0.1, -0.05) is 12.1 Å². The summed E-state index contributed by atoms with van der Waals surface area (Å²) in [4.78, 5) is 12.1. The van der Waals surface area contributed by atoms with Gasteiger partial charge >= 0.3 is 0 Å². The molecule has 2 aromatic rings. The van der Waals surface area contributed by atoms with E-state index in [9.17, 15) is 4.79 Å². The summed E-state index contributed by atoms with van der Waals surface area (Å²) < 4.78 is 1.57. The van der Waals surface area contributed by atoms with Crippen LogP contribution in [0.3, 0.4) is 0 Å². The summed E-state index contributed by atoms with van der Waals surface area (Å²) in [5.74, 6) is 0.358. The lowest BCUT2D eigenvalue weighted by atomic mass is 10.1. The molecule has 0 atom stereocenters. The second-order valence-corrected chi connectivity index (χ2v) is 4.47. The van der Waals surface area contributed by atoms with Crippen molar-refractivity contribution in [1.29, 1.82) is 0 Å². The molecule has 2 rings (SSSR count). The fraction of sp³-hybridized carbons (Fsp3) is 0.286. The van der Waals surface area contributed by atoms with Crippen molar-refractivity contribution in [3.63, 3.8) is 0 Å². The van der Waals surface area contributed by atoms with E-state index >= 15 is 0 Å². The number of aliphatic hydroxyl groups excluding tert-OH is 1. The smallest absolute Gasteiger partial charge is 0.256 e. The van der Waals surface area contributed by atoms with Crippen LogP contribution in [0.1, 0.15) is 21.6 Å². The number of carbonyl (C=O) groups excluding carboxylic acids is 1. The van der Waals surface area contributed by atoms with Gasteiger partial charge in [-0.15, -0.1) is 0 Å². The van der Waals surface area contributed by atoms with Gasteiger partial charge in [-0.2, -0.15) is 5.10 Å². The molecule has 0 radical (unpaired) electrons. The summed E-state index contributed by atoms with van der Waals surface area (Å²) in [7, 11) is 0. The summed E-state index contributed by atoms with van der Waals surface area (Å²) in [6.45, 7) is 2.59. The van der Waals surface area contributed by atoms with Crippen molar-refractivity contribution >= 4 is 11.7 Å². The van der Waals surface area contributed by atoms with Crippen molar-refractivity contribution in [3.05, 3.63) is 47.2 Å². The maximum Gasteiger partial charge on any atom is 0.256 e. The molecule has 1 heterocycles. The Morgan fingerprint density at radius 2 is 2.10 bits per heavy atom. The van der Waals surface area contributed by atoms with E-state index < -0.39 is 0 Å². The van der Waals surface area contributed by atoms with E-state index in [1.54, 1.807) is 22.9 Å². The molecule has 20 heavy (non-hydrogen) atoms. The van der Waals surface area contributed by atoms with Gasteiger partial charge in [-0.3, -0.25) is 4.79 Å². The van der Waals surface area contributed by atoms with E-state index in [0.717, 1.165) is 11.3 Å². The van der Waals surface area contributed by atoms with Gasteiger partial charge in [0.25, 0.3) is 5.91 Å². The van der Waals surface area contributed by atoms with Crippen LogP contribution in [-0.2, 0) is 13.1 Å². The lowest BCUT2D eigenvalue weighted by Crippen LogP contribution is -2.16. The third-order valence-electron chi connectivity index (χ3n) is 2.91. The molecule has 0 saturated heterocycles. The molecular weight excluding hydrogens is 256 g/mol. The molecule has 0 bridgehead atoms. The molecule has 0 aliphatic rings. The summed E-state index contributed by atoms with van der Waals surface area (Å²) in [6.07, 6.45) is 0. The van der Waals surface area contributed by atoms with Crippen LogP contribution in [0, 0.1) is 6.92 Å². The van der Waals surface area contributed by atoms with Gasteiger partial charge in [0.1, 0.15) is 5.82 Å². The van der Waals surface area contributed by atoms with Crippen molar-refractivity contribution in [2.24, 2.45) is 5.73 Å². The Labute approximate surface area is 117 Å². The Morgan fingerprint density at radius 1 is 1.40 bits per heavy atom. The average Bonchev–Trinajstić information content (AvgIpc) is 2.79. The van der Waals surface area contributed by atoms with Crippen molar-refractivity contribution in [2.75, 3.05) is 11.9 Å². The highest BCUT2D eigenvalue weighted by Gasteiger charge is 2.10. The number of carbonyl (C=O) groups is 1. The molecule has 0 spiro atoms.